The molecule has 3 rings (SSSR count). The molecule has 0 aliphatic heterocycles. The number of benzene rings is 2. The van der Waals surface area contributed by atoms with E-state index in [0.717, 1.165) is 22.3 Å². The molecule has 0 aliphatic rings. The first-order valence-corrected chi connectivity index (χ1v) is 10.9. The zero-order valence-electron chi connectivity index (χ0n) is 16.0. The number of nitrogens with zero attached hydrogens (tertiary/aromatic N) is 2. The molecule has 2 aromatic carbocycles. The molecule has 0 spiro atoms. The van der Waals surface area contributed by atoms with Crippen LogP contribution in [0.15, 0.2) is 59.6 Å². The summed E-state index contributed by atoms with van der Waals surface area (Å²) < 4.78 is 23.4. The van der Waals surface area contributed by atoms with Gasteiger partial charge in [-0.1, -0.05) is 53.7 Å². The van der Waals surface area contributed by atoms with Crippen LogP contribution in [0.25, 0.3) is 22.4 Å². The molecule has 0 atom stereocenters. The topological polar surface area (TPSA) is 78.3 Å². The fraction of sp³-hybridized carbons (Fsp3) is 0.238. The van der Waals surface area contributed by atoms with E-state index in [-0.39, 0.29) is 10.9 Å². The molecule has 0 saturated carbocycles. The van der Waals surface area contributed by atoms with Gasteiger partial charge in [0.05, 0.1) is 11.1 Å². The molecule has 0 unspecified atom stereocenters. The van der Waals surface area contributed by atoms with E-state index >= 15 is 0 Å². The van der Waals surface area contributed by atoms with Crippen LogP contribution in [0, 0.1) is 6.92 Å². The minimum atomic E-state index is -3.28. The van der Waals surface area contributed by atoms with Crippen molar-refractivity contribution in [1.82, 2.24) is 9.94 Å². The molecular formula is C21H22N2O4S. The molecule has 0 N–H and O–H groups in total. The van der Waals surface area contributed by atoms with Crippen LogP contribution in [0.5, 0.6) is 0 Å². The molecule has 0 aliphatic carbocycles. The van der Waals surface area contributed by atoms with Crippen LogP contribution in [0.4, 0.5) is 0 Å². The van der Waals surface area contributed by atoms with E-state index < -0.39 is 9.84 Å². The maximum Gasteiger partial charge on any atom is 0.334 e. The summed E-state index contributed by atoms with van der Waals surface area (Å²) in [5.41, 5.74) is 4.17. The summed E-state index contributed by atoms with van der Waals surface area (Å²) >= 11 is 0. The Hall–Kier alpha value is -2.93. The zero-order valence-corrected chi connectivity index (χ0v) is 16.9. The highest BCUT2D eigenvalue weighted by molar-refractivity contribution is 7.90. The van der Waals surface area contributed by atoms with Crippen molar-refractivity contribution in [2.24, 2.45) is 0 Å². The number of aromatic nitrogens is 2. The fourth-order valence-corrected chi connectivity index (χ4v) is 3.40. The van der Waals surface area contributed by atoms with E-state index in [1.807, 2.05) is 38.1 Å². The quantitative estimate of drug-likeness (QED) is 0.633. The summed E-state index contributed by atoms with van der Waals surface area (Å²) in [6, 6.07) is 14.4. The smallest absolute Gasteiger partial charge is 0.319 e. The first-order chi connectivity index (χ1) is 13.3. The fourth-order valence-electron chi connectivity index (χ4n) is 2.77. The van der Waals surface area contributed by atoms with Gasteiger partial charge in [-0.2, -0.15) is 0 Å². The van der Waals surface area contributed by atoms with Gasteiger partial charge in [-0.05, 0) is 31.0 Å². The highest BCUT2D eigenvalue weighted by Gasteiger charge is 2.16. The highest BCUT2D eigenvalue weighted by Crippen LogP contribution is 2.31. The average Bonchev–Trinajstić information content (AvgIpc) is 3.05. The Bertz CT molecular complexity index is 1080. The van der Waals surface area contributed by atoms with Gasteiger partial charge in [0.1, 0.15) is 5.69 Å². The third-order valence-electron chi connectivity index (χ3n) is 4.26. The van der Waals surface area contributed by atoms with Gasteiger partial charge in [0.15, 0.2) is 9.84 Å². The first kappa shape index (κ1) is 19.8. The Morgan fingerprint density at radius 3 is 2.21 bits per heavy atom. The first-order valence-electron chi connectivity index (χ1n) is 8.96. The lowest BCUT2D eigenvalue weighted by atomic mass is 10.0. The van der Waals surface area contributed by atoms with Gasteiger partial charge < -0.3 is 4.84 Å². The summed E-state index contributed by atoms with van der Waals surface area (Å²) in [4.78, 5) is 18.6. The van der Waals surface area contributed by atoms with Gasteiger partial charge in [0.2, 0.25) is 0 Å². The lowest BCUT2D eigenvalue weighted by molar-refractivity contribution is -0.145. The molecule has 3 aromatic rings. The molecule has 0 fully saturated rings. The van der Waals surface area contributed by atoms with Crippen LogP contribution in [0.1, 0.15) is 25.3 Å². The molecular weight excluding hydrogens is 376 g/mol. The van der Waals surface area contributed by atoms with E-state index in [4.69, 9.17) is 4.84 Å². The third-order valence-corrected chi connectivity index (χ3v) is 5.39. The maximum absolute atomic E-state index is 11.9. The van der Waals surface area contributed by atoms with Crippen LogP contribution in [0.2, 0.25) is 0 Å². The third kappa shape index (κ3) is 4.48. The normalized spacial score (nSPS) is 11.4. The average molecular weight is 398 g/mol. The zero-order chi connectivity index (χ0) is 20.3. The molecule has 1 heterocycles. The summed E-state index contributed by atoms with van der Waals surface area (Å²) in [7, 11) is -3.28. The molecule has 28 heavy (non-hydrogen) atoms. The number of aryl methyl sites for hydroxylation is 1. The van der Waals surface area contributed by atoms with Crippen LogP contribution < -0.4 is 4.84 Å². The largest absolute Gasteiger partial charge is 0.334 e. The maximum atomic E-state index is 11.9. The Balaban J connectivity index is 2.06. The predicted octanol–water partition coefficient (Wildman–Crippen LogP) is 3.68. The van der Waals surface area contributed by atoms with Crippen molar-refractivity contribution in [2.75, 3.05) is 6.26 Å². The SMILES string of the molecule is CCCC(=O)On1cc(-c2ccc(C)cc2)c(-c2ccc(S(C)(=O)=O)cc2)n1. The van der Waals surface area contributed by atoms with E-state index in [1.165, 1.54) is 11.1 Å². The Morgan fingerprint density at radius 1 is 1.04 bits per heavy atom. The molecule has 0 amide bonds. The van der Waals surface area contributed by atoms with Gasteiger partial charge in [0, 0.05) is 23.8 Å². The Kier molecular flexibility index (Phi) is 5.65. The number of carbonyl (C=O) groups excluding carboxylic acids is 1. The van der Waals surface area contributed by atoms with Crippen molar-refractivity contribution in [3.05, 3.63) is 60.3 Å². The lowest BCUT2D eigenvalue weighted by Crippen LogP contribution is -2.19. The van der Waals surface area contributed by atoms with E-state index in [9.17, 15) is 13.2 Å². The highest BCUT2D eigenvalue weighted by atomic mass is 32.2. The Labute approximate surface area is 164 Å². The molecule has 1 aromatic heterocycles. The molecule has 7 heteroatoms. The Morgan fingerprint density at radius 2 is 1.64 bits per heavy atom. The van der Waals surface area contributed by atoms with Gasteiger partial charge in [0.25, 0.3) is 0 Å². The number of hydrogen-bond donors (Lipinski definition) is 0. The summed E-state index contributed by atoms with van der Waals surface area (Å²) in [6.45, 7) is 3.90. The van der Waals surface area contributed by atoms with Gasteiger partial charge in [-0.25, -0.2) is 13.2 Å². The molecule has 0 bridgehead atoms. The number of carbonyl (C=O) groups is 1. The van der Waals surface area contributed by atoms with Gasteiger partial charge >= 0.3 is 5.97 Å². The molecule has 0 saturated heterocycles. The van der Waals surface area contributed by atoms with Crippen molar-refractivity contribution >= 4 is 15.8 Å². The monoisotopic (exact) mass is 398 g/mol. The van der Waals surface area contributed by atoms with E-state index in [0.29, 0.717) is 18.5 Å². The van der Waals surface area contributed by atoms with Crippen LogP contribution in [0.3, 0.4) is 0 Å². The van der Waals surface area contributed by atoms with E-state index in [2.05, 4.69) is 5.10 Å². The van der Waals surface area contributed by atoms with Crippen molar-refractivity contribution < 1.29 is 18.0 Å². The summed E-state index contributed by atoms with van der Waals surface area (Å²) in [5, 5.41) is 4.42. The second-order valence-electron chi connectivity index (χ2n) is 6.67. The molecule has 0 radical (unpaired) electrons. The van der Waals surface area contributed by atoms with Crippen molar-refractivity contribution in [3.63, 3.8) is 0 Å². The second-order valence-corrected chi connectivity index (χ2v) is 8.69. The van der Waals surface area contributed by atoms with Crippen molar-refractivity contribution in [1.29, 1.82) is 0 Å². The standard InChI is InChI=1S/C21H22N2O4S/c1-4-5-20(24)27-23-14-19(16-8-6-15(2)7-9-16)21(22-23)17-10-12-18(13-11-17)28(3,25)26/h6-14H,4-5H2,1-3H3. The minimum absolute atomic E-state index is 0.238. The lowest BCUT2D eigenvalue weighted by Gasteiger charge is -2.04. The van der Waals surface area contributed by atoms with E-state index in [1.54, 1.807) is 30.5 Å². The number of rotatable bonds is 6. The van der Waals surface area contributed by atoms with Gasteiger partial charge in [-0.15, -0.1) is 5.10 Å². The number of hydrogen-bond acceptors (Lipinski definition) is 5. The van der Waals surface area contributed by atoms with Crippen LogP contribution >= 0.6 is 0 Å². The minimum Gasteiger partial charge on any atom is -0.319 e. The number of sulfone groups is 1. The molecule has 146 valence electrons. The predicted molar refractivity (Wildman–Crippen MR) is 107 cm³/mol. The summed E-state index contributed by atoms with van der Waals surface area (Å²) in [5.74, 6) is -0.362. The summed E-state index contributed by atoms with van der Waals surface area (Å²) in [6.07, 6.45) is 3.82. The van der Waals surface area contributed by atoms with Crippen LogP contribution in [-0.2, 0) is 14.6 Å². The van der Waals surface area contributed by atoms with Crippen molar-refractivity contribution in [2.45, 2.75) is 31.6 Å². The van der Waals surface area contributed by atoms with Gasteiger partial charge in [-0.3, -0.25) is 0 Å². The van der Waals surface area contributed by atoms with Crippen LogP contribution in [-0.4, -0.2) is 30.6 Å². The molecule has 6 nitrogen and oxygen atoms in total. The van der Waals surface area contributed by atoms with Crippen molar-refractivity contribution in [3.8, 4) is 22.4 Å². The second kappa shape index (κ2) is 7.98.